The number of nitrogens with zero attached hydrogens (tertiary/aromatic N) is 3. The van der Waals surface area contributed by atoms with Crippen LogP contribution in [0.1, 0.15) is 38.3 Å². The molecule has 0 saturated heterocycles. The molecule has 0 aliphatic heterocycles. The van der Waals surface area contributed by atoms with Gasteiger partial charge in [0.25, 0.3) is 0 Å². The summed E-state index contributed by atoms with van der Waals surface area (Å²) in [5.41, 5.74) is 0. The lowest BCUT2D eigenvalue weighted by Crippen LogP contribution is -2.40. The van der Waals surface area contributed by atoms with Crippen LogP contribution in [0.25, 0.3) is 0 Å². The van der Waals surface area contributed by atoms with Crippen LogP contribution in [0.15, 0.2) is 0 Å². The summed E-state index contributed by atoms with van der Waals surface area (Å²) in [5.74, 6) is 0.826. The summed E-state index contributed by atoms with van der Waals surface area (Å²) < 4.78 is 1.47. The SMILES string of the molecule is [B]C([B])([B])c1nnc(C(C)C)n1C([B])([B])C. The summed E-state index contributed by atoms with van der Waals surface area (Å²) in [4.78, 5) is 0. The fourth-order valence-electron chi connectivity index (χ4n) is 1.43. The third-order valence-corrected chi connectivity index (χ3v) is 2.07. The normalized spacial score (nSPS) is 13.2. The summed E-state index contributed by atoms with van der Waals surface area (Å²) in [6.07, 6.45) is 0. The molecule has 16 heavy (non-hydrogen) atoms. The third-order valence-electron chi connectivity index (χ3n) is 2.07. The van der Waals surface area contributed by atoms with Crippen molar-refractivity contribution in [3.8, 4) is 0 Å². The van der Waals surface area contributed by atoms with E-state index in [9.17, 15) is 0 Å². The van der Waals surface area contributed by atoms with Gasteiger partial charge in [-0.25, -0.2) is 0 Å². The highest BCUT2D eigenvalue weighted by Gasteiger charge is 2.28. The molecule has 0 saturated carbocycles. The van der Waals surface area contributed by atoms with Crippen molar-refractivity contribution in [2.24, 2.45) is 0 Å². The number of rotatable bonds is 3. The molecule has 0 aromatic carbocycles. The summed E-state index contributed by atoms with van der Waals surface area (Å²) >= 11 is 0. The molecule has 3 nitrogen and oxygen atoms in total. The first-order valence-electron chi connectivity index (χ1n) is 4.95. The summed E-state index contributed by atoms with van der Waals surface area (Å²) in [5, 5.41) is 4.98. The summed E-state index contributed by atoms with van der Waals surface area (Å²) in [7, 11) is 28.4. The maximum atomic E-state index is 5.83. The van der Waals surface area contributed by atoms with E-state index in [0.29, 0.717) is 5.82 Å². The molecule has 0 aliphatic carbocycles. The van der Waals surface area contributed by atoms with Gasteiger partial charge in [-0.05, 0) is 5.34 Å². The lowest BCUT2D eigenvalue weighted by Gasteiger charge is -2.32. The largest absolute Gasteiger partial charge is 0.328 e. The Morgan fingerprint density at radius 1 is 1.06 bits per heavy atom. The zero-order valence-corrected chi connectivity index (χ0v) is 9.81. The van der Waals surface area contributed by atoms with Gasteiger partial charge >= 0.3 is 0 Å². The van der Waals surface area contributed by atoms with Crippen LogP contribution in [0, 0.1) is 0 Å². The molecule has 0 atom stereocenters. The number of hydrogen-bond donors (Lipinski definition) is 0. The average Bonchev–Trinajstić information content (AvgIpc) is 2.43. The molecule has 0 bridgehead atoms. The predicted octanol–water partition coefficient (Wildman–Crippen LogP) is -1.02. The van der Waals surface area contributed by atoms with E-state index in [1.807, 2.05) is 13.8 Å². The first kappa shape index (κ1) is 13.5. The Morgan fingerprint density at radius 2 is 1.56 bits per heavy atom. The molecule has 0 spiro atoms. The van der Waals surface area contributed by atoms with Crippen molar-refractivity contribution in [3.63, 3.8) is 0 Å². The van der Waals surface area contributed by atoms with E-state index in [-0.39, 0.29) is 11.7 Å². The molecule has 72 valence electrons. The zero-order chi connectivity index (χ0) is 12.7. The minimum atomic E-state index is -1.62. The second kappa shape index (κ2) is 4.04. The van der Waals surface area contributed by atoms with E-state index >= 15 is 0 Å². The summed E-state index contributed by atoms with van der Waals surface area (Å²) in [6.45, 7) is 5.46. The van der Waals surface area contributed by atoms with Crippen molar-refractivity contribution in [1.29, 1.82) is 0 Å². The van der Waals surface area contributed by atoms with Crippen molar-refractivity contribution in [3.05, 3.63) is 11.6 Å². The van der Waals surface area contributed by atoms with E-state index in [1.54, 1.807) is 6.92 Å². The minimum Gasteiger partial charge on any atom is -0.328 e. The van der Waals surface area contributed by atoms with Gasteiger partial charge in [-0.1, -0.05) is 25.9 Å². The molecule has 0 fully saturated rings. The molecule has 8 heteroatoms. The molecule has 10 radical (unpaired) electrons. The quantitative estimate of drug-likeness (QED) is 0.588. The molecule has 1 aromatic heterocycles. The number of hydrogen-bond acceptors (Lipinski definition) is 2. The monoisotopic (exact) mass is 203 g/mol. The Labute approximate surface area is 103 Å². The van der Waals surface area contributed by atoms with Crippen molar-refractivity contribution in [1.82, 2.24) is 14.8 Å². The van der Waals surface area contributed by atoms with Gasteiger partial charge in [0.2, 0.25) is 0 Å². The van der Waals surface area contributed by atoms with Crippen LogP contribution in [0.4, 0.5) is 0 Å². The van der Waals surface area contributed by atoms with Gasteiger partial charge in [0, 0.05) is 5.92 Å². The van der Waals surface area contributed by atoms with Crippen LogP contribution in [0.2, 0.25) is 0 Å². The average molecular weight is 202 g/mol. The van der Waals surface area contributed by atoms with Crippen molar-refractivity contribution in [2.45, 2.75) is 37.1 Å². The molecule has 0 amide bonds. The smallest absolute Gasteiger partial charge is 0.134 e. The number of aromatic nitrogens is 3. The maximum Gasteiger partial charge on any atom is 0.134 e. The van der Waals surface area contributed by atoms with Gasteiger partial charge in [-0.15, -0.1) is 10.2 Å². The predicted molar refractivity (Wildman–Crippen MR) is 68.2 cm³/mol. The molecular weight excluding hydrogens is 192 g/mol. The Bertz CT molecular complexity index is 374. The zero-order valence-electron chi connectivity index (χ0n) is 9.81. The Morgan fingerprint density at radius 3 is 1.88 bits per heavy atom. The van der Waals surface area contributed by atoms with Crippen molar-refractivity contribution >= 4 is 39.2 Å². The van der Waals surface area contributed by atoms with E-state index in [0.717, 1.165) is 0 Å². The van der Waals surface area contributed by atoms with Gasteiger partial charge in [0.05, 0.1) is 39.2 Å². The second-order valence-corrected chi connectivity index (χ2v) is 4.53. The van der Waals surface area contributed by atoms with Crippen LogP contribution < -0.4 is 0 Å². The first-order valence-corrected chi connectivity index (χ1v) is 4.95. The van der Waals surface area contributed by atoms with Gasteiger partial charge < -0.3 is 4.57 Å². The minimum absolute atomic E-state index is 0.0787. The van der Waals surface area contributed by atoms with Gasteiger partial charge in [-0.3, -0.25) is 0 Å². The lowest BCUT2D eigenvalue weighted by molar-refractivity contribution is 0.564. The molecule has 1 heterocycles. The van der Waals surface area contributed by atoms with E-state index < -0.39 is 10.5 Å². The fourth-order valence-corrected chi connectivity index (χ4v) is 1.43. The molecule has 0 unspecified atom stereocenters. The topological polar surface area (TPSA) is 30.7 Å². The van der Waals surface area contributed by atoms with E-state index in [4.69, 9.17) is 39.2 Å². The third kappa shape index (κ3) is 2.58. The van der Waals surface area contributed by atoms with Crippen LogP contribution in [0.5, 0.6) is 0 Å². The van der Waals surface area contributed by atoms with Crippen LogP contribution in [-0.4, -0.2) is 54.0 Å². The fraction of sp³-hybridized carbons (Fsp3) is 0.750. The van der Waals surface area contributed by atoms with Crippen LogP contribution >= 0.6 is 0 Å². The first-order chi connectivity index (χ1) is 7.05. The Balaban J connectivity index is 3.44. The highest BCUT2D eigenvalue weighted by atomic mass is 15.3. The van der Waals surface area contributed by atoms with Crippen molar-refractivity contribution in [2.75, 3.05) is 0 Å². The molecule has 0 N–H and O–H groups in total. The van der Waals surface area contributed by atoms with Crippen molar-refractivity contribution < 1.29 is 0 Å². The van der Waals surface area contributed by atoms with Gasteiger partial charge in [0.1, 0.15) is 11.6 Å². The van der Waals surface area contributed by atoms with E-state index in [1.165, 1.54) is 4.57 Å². The highest BCUT2D eigenvalue weighted by Crippen LogP contribution is 2.23. The Kier molecular flexibility index (Phi) is 3.42. The summed E-state index contributed by atoms with van der Waals surface area (Å²) in [6, 6.07) is 0. The van der Waals surface area contributed by atoms with Crippen LogP contribution in [-0.2, 0) is 10.5 Å². The molecule has 1 aromatic rings. The van der Waals surface area contributed by atoms with Gasteiger partial charge in [-0.2, -0.15) is 0 Å². The lowest BCUT2D eigenvalue weighted by atomic mass is 9.42. The highest BCUT2D eigenvalue weighted by molar-refractivity contribution is 6.58. The Hall–Kier alpha value is -0.535. The van der Waals surface area contributed by atoms with Gasteiger partial charge in [0.15, 0.2) is 0 Å². The second-order valence-electron chi connectivity index (χ2n) is 4.53. The van der Waals surface area contributed by atoms with E-state index in [2.05, 4.69) is 10.2 Å². The molecular formula is C8H10B5N3. The molecule has 1 rings (SSSR count). The van der Waals surface area contributed by atoms with Crippen LogP contribution in [0.3, 0.4) is 0 Å². The maximum absolute atomic E-state index is 5.83. The molecule has 0 aliphatic rings. The standard InChI is InChI=1S/C8H10B5N3/c1-4(2)5-14-15-6(8(11,12)13)16(5)7(3,9)10/h4H,1-3H3.